The Hall–Kier alpha value is -2.28. The average Bonchev–Trinajstić information content (AvgIpc) is 2.83. The van der Waals surface area contributed by atoms with Crippen LogP contribution in [0.15, 0.2) is 18.6 Å². The summed E-state index contributed by atoms with van der Waals surface area (Å²) in [6, 6.07) is 0. The number of rotatable bonds is 5. The minimum Gasteiger partial charge on any atom is -0.462 e. The number of nitrogens with one attached hydrogen (secondary N) is 1. The number of carbonyl (C=O) groups is 2. The van der Waals surface area contributed by atoms with Crippen molar-refractivity contribution in [1.29, 1.82) is 0 Å². The van der Waals surface area contributed by atoms with Gasteiger partial charge >= 0.3 is 5.97 Å². The SMILES string of the molecule is CCOC(=O)c1c(NC(=O)c2cnccn2)sc(C)c1CC. The van der Waals surface area contributed by atoms with Gasteiger partial charge < -0.3 is 10.1 Å². The maximum absolute atomic E-state index is 12.2. The second-order valence-corrected chi connectivity index (χ2v) is 5.68. The zero-order valence-electron chi connectivity index (χ0n) is 12.7. The van der Waals surface area contributed by atoms with Gasteiger partial charge in [0.05, 0.1) is 18.4 Å². The Morgan fingerprint density at radius 2 is 2.09 bits per heavy atom. The highest BCUT2D eigenvalue weighted by molar-refractivity contribution is 7.16. The molecule has 116 valence electrons. The van der Waals surface area contributed by atoms with E-state index in [4.69, 9.17) is 4.74 Å². The quantitative estimate of drug-likeness (QED) is 0.857. The van der Waals surface area contributed by atoms with Crippen LogP contribution >= 0.6 is 11.3 Å². The van der Waals surface area contributed by atoms with Gasteiger partial charge in [0.2, 0.25) is 0 Å². The Bertz CT molecular complexity index is 683. The van der Waals surface area contributed by atoms with Crippen LogP contribution in [0.1, 0.15) is 45.1 Å². The van der Waals surface area contributed by atoms with Crippen LogP contribution in [0.2, 0.25) is 0 Å². The first-order valence-electron chi connectivity index (χ1n) is 6.95. The zero-order chi connectivity index (χ0) is 16.1. The smallest absolute Gasteiger partial charge is 0.341 e. The number of carbonyl (C=O) groups excluding carboxylic acids is 2. The van der Waals surface area contributed by atoms with E-state index in [2.05, 4.69) is 15.3 Å². The van der Waals surface area contributed by atoms with Crippen LogP contribution in [-0.2, 0) is 11.2 Å². The third-order valence-electron chi connectivity index (χ3n) is 3.06. The molecule has 22 heavy (non-hydrogen) atoms. The number of thiophene rings is 1. The van der Waals surface area contributed by atoms with Crippen LogP contribution < -0.4 is 5.32 Å². The van der Waals surface area contributed by atoms with E-state index >= 15 is 0 Å². The summed E-state index contributed by atoms with van der Waals surface area (Å²) in [5.41, 5.74) is 1.53. The van der Waals surface area contributed by atoms with Gasteiger partial charge in [-0.15, -0.1) is 11.3 Å². The summed E-state index contributed by atoms with van der Waals surface area (Å²) in [6.45, 7) is 5.92. The van der Waals surface area contributed by atoms with Gasteiger partial charge in [-0.1, -0.05) is 6.92 Å². The summed E-state index contributed by atoms with van der Waals surface area (Å²) in [7, 11) is 0. The lowest BCUT2D eigenvalue weighted by molar-refractivity contribution is 0.0527. The van der Waals surface area contributed by atoms with Crippen LogP contribution in [0.4, 0.5) is 5.00 Å². The third kappa shape index (κ3) is 3.30. The van der Waals surface area contributed by atoms with Crippen molar-refractivity contribution in [2.45, 2.75) is 27.2 Å². The molecule has 2 heterocycles. The Morgan fingerprint density at radius 1 is 1.32 bits per heavy atom. The lowest BCUT2D eigenvalue weighted by Gasteiger charge is -2.07. The van der Waals surface area contributed by atoms with E-state index in [1.165, 1.54) is 29.9 Å². The van der Waals surface area contributed by atoms with E-state index in [9.17, 15) is 9.59 Å². The molecule has 0 aliphatic rings. The predicted molar refractivity (Wildman–Crippen MR) is 84.4 cm³/mol. The van der Waals surface area contributed by atoms with Crippen LogP contribution in [0.5, 0.6) is 0 Å². The molecule has 0 radical (unpaired) electrons. The molecule has 1 N–H and O–H groups in total. The monoisotopic (exact) mass is 319 g/mol. The summed E-state index contributed by atoms with van der Waals surface area (Å²) in [6.07, 6.45) is 5.00. The van der Waals surface area contributed by atoms with Crippen molar-refractivity contribution in [3.8, 4) is 0 Å². The number of amides is 1. The standard InChI is InChI=1S/C15H17N3O3S/c1-4-10-9(3)22-14(12(10)15(20)21-5-2)18-13(19)11-8-16-6-7-17-11/h6-8H,4-5H2,1-3H3,(H,18,19). The number of anilines is 1. The summed E-state index contributed by atoms with van der Waals surface area (Å²) in [5.74, 6) is -0.819. The van der Waals surface area contributed by atoms with Crippen LogP contribution in [0.25, 0.3) is 0 Å². The van der Waals surface area contributed by atoms with Crippen molar-refractivity contribution in [2.75, 3.05) is 11.9 Å². The summed E-state index contributed by atoms with van der Waals surface area (Å²) < 4.78 is 5.10. The summed E-state index contributed by atoms with van der Waals surface area (Å²) in [4.78, 5) is 33.2. The maximum atomic E-state index is 12.2. The molecule has 0 saturated carbocycles. The molecule has 0 bridgehead atoms. The van der Waals surface area contributed by atoms with E-state index in [1.807, 2.05) is 13.8 Å². The van der Waals surface area contributed by atoms with E-state index in [0.717, 1.165) is 10.4 Å². The topological polar surface area (TPSA) is 81.2 Å². The second-order valence-electron chi connectivity index (χ2n) is 4.46. The lowest BCUT2D eigenvalue weighted by atomic mass is 10.1. The van der Waals surface area contributed by atoms with Gasteiger partial charge in [0, 0.05) is 17.3 Å². The Kier molecular flexibility index (Phi) is 5.21. The molecule has 0 spiro atoms. The minimum atomic E-state index is -0.418. The second kappa shape index (κ2) is 7.13. The van der Waals surface area contributed by atoms with Gasteiger partial charge in [0.15, 0.2) is 0 Å². The minimum absolute atomic E-state index is 0.196. The third-order valence-corrected chi connectivity index (χ3v) is 4.13. The van der Waals surface area contributed by atoms with Crippen molar-refractivity contribution in [3.63, 3.8) is 0 Å². The Labute approximate surface area is 132 Å². The van der Waals surface area contributed by atoms with E-state index in [0.29, 0.717) is 17.0 Å². The molecule has 0 aromatic carbocycles. The van der Waals surface area contributed by atoms with Gasteiger partial charge in [0.25, 0.3) is 5.91 Å². The van der Waals surface area contributed by atoms with Crippen LogP contribution in [-0.4, -0.2) is 28.5 Å². The van der Waals surface area contributed by atoms with E-state index in [-0.39, 0.29) is 12.3 Å². The fraction of sp³-hybridized carbons (Fsp3) is 0.333. The molecular formula is C15H17N3O3S. The number of esters is 1. The van der Waals surface area contributed by atoms with Crippen LogP contribution in [0.3, 0.4) is 0 Å². The average molecular weight is 319 g/mol. The van der Waals surface area contributed by atoms with E-state index < -0.39 is 11.9 Å². The number of aryl methyl sites for hydroxylation is 1. The van der Waals surface area contributed by atoms with E-state index in [1.54, 1.807) is 6.92 Å². The normalized spacial score (nSPS) is 10.3. The highest BCUT2D eigenvalue weighted by Gasteiger charge is 2.24. The molecule has 2 aromatic heterocycles. The number of aromatic nitrogens is 2. The number of hydrogen-bond acceptors (Lipinski definition) is 6. The largest absolute Gasteiger partial charge is 0.462 e. The van der Waals surface area contributed by atoms with Gasteiger partial charge in [-0.25, -0.2) is 9.78 Å². The first-order chi connectivity index (χ1) is 10.6. The molecule has 1 amide bonds. The molecule has 6 nitrogen and oxygen atoms in total. The Balaban J connectivity index is 2.34. The highest BCUT2D eigenvalue weighted by atomic mass is 32.1. The van der Waals surface area contributed by atoms with Gasteiger partial charge in [-0.05, 0) is 25.8 Å². The number of ether oxygens (including phenoxy) is 1. The summed E-state index contributed by atoms with van der Waals surface area (Å²) >= 11 is 1.36. The van der Waals surface area contributed by atoms with Gasteiger partial charge in [-0.2, -0.15) is 0 Å². The zero-order valence-corrected chi connectivity index (χ0v) is 13.5. The highest BCUT2D eigenvalue weighted by Crippen LogP contribution is 2.34. The molecule has 0 aliphatic heterocycles. The van der Waals surface area contributed by atoms with Crippen molar-refractivity contribution < 1.29 is 14.3 Å². The molecule has 2 aromatic rings. The Morgan fingerprint density at radius 3 is 2.68 bits per heavy atom. The lowest BCUT2D eigenvalue weighted by Crippen LogP contribution is -2.16. The predicted octanol–water partition coefficient (Wildman–Crippen LogP) is 2.84. The van der Waals surface area contributed by atoms with Gasteiger partial charge in [0.1, 0.15) is 10.7 Å². The molecule has 0 unspecified atom stereocenters. The first kappa shape index (κ1) is 16.1. The molecule has 0 fully saturated rings. The maximum Gasteiger partial charge on any atom is 0.341 e. The molecule has 0 saturated heterocycles. The molecule has 0 aliphatic carbocycles. The first-order valence-corrected chi connectivity index (χ1v) is 7.76. The van der Waals surface area contributed by atoms with Crippen molar-refractivity contribution in [1.82, 2.24) is 9.97 Å². The molecular weight excluding hydrogens is 302 g/mol. The van der Waals surface area contributed by atoms with Crippen molar-refractivity contribution in [3.05, 3.63) is 40.3 Å². The van der Waals surface area contributed by atoms with Crippen LogP contribution in [0, 0.1) is 6.92 Å². The fourth-order valence-corrected chi connectivity index (χ4v) is 3.22. The van der Waals surface area contributed by atoms with Gasteiger partial charge in [-0.3, -0.25) is 9.78 Å². The number of nitrogens with zero attached hydrogens (tertiary/aromatic N) is 2. The number of hydrogen-bond donors (Lipinski definition) is 1. The fourth-order valence-electron chi connectivity index (χ4n) is 2.10. The van der Waals surface area contributed by atoms with Crippen molar-refractivity contribution >= 4 is 28.2 Å². The van der Waals surface area contributed by atoms with Crippen molar-refractivity contribution in [2.24, 2.45) is 0 Å². The molecule has 0 atom stereocenters. The summed E-state index contributed by atoms with van der Waals surface area (Å²) in [5, 5.41) is 3.23. The molecule has 7 heteroatoms. The molecule has 2 rings (SSSR count).